The number of hydrogen-bond donors (Lipinski definition) is 4. The Labute approximate surface area is 201 Å². The fourth-order valence-corrected chi connectivity index (χ4v) is 9.11. The van der Waals surface area contributed by atoms with Gasteiger partial charge in [0.2, 0.25) is 0 Å². The van der Waals surface area contributed by atoms with E-state index in [2.05, 4.69) is 40.7 Å². The van der Waals surface area contributed by atoms with E-state index in [1.165, 1.54) is 18.4 Å². The predicted molar refractivity (Wildman–Crippen MR) is 132 cm³/mol. The number of hydrogen-bond acceptors (Lipinski definition) is 4. The second-order valence-electron chi connectivity index (χ2n) is 14.0. The highest BCUT2D eigenvalue weighted by molar-refractivity contribution is 5.30. The normalized spacial score (nSPS) is 46.6. The summed E-state index contributed by atoms with van der Waals surface area (Å²) >= 11 is 0. The van der Waals surface area contributed by atoms with Gasteiger partial charge in [0.15, 0.2) is 0 Å². The van der Waals surface area contributed by atoms with Gasteiger partial charge in [-0.25, -0.2) is 0 Å². The molecule has 4 rings (SSSR count). The summed E-state index contributed by atoms with van der Waals surface area (Å²) in [6, 6.07) is 0. The van der Waals surface area contributed by atoms with Crippen LogP contribution in [0.25, 0.3) is 0 Å². The van der Waals surface area contributed by atoms with Gasteiger partial charge >= 0.3 is 0 Å². The molecule has 190 valence electrons. The lowest BCUT2D eigenvalue weighted by atomic mass is 9.41. The van der Waals surface area contributed by atoms with Crippen LogP contribution in [0.15, 0.2) is 11.6 Å². The van der Waals surface area contributed by atoms with Crippen molar-refractivity contribution >= 4 is 0 Å². The predicted octanol–water partition coefficient (Wildman–Crippen LogP) is 5.08. The monoisotopic (exact) mass is 462 g/mol. The molecular formula is C29H50O4. The van der Waals surface area contributed by atoms with Crippen LogP contribution in [0, 0.1) is 45.8 Å². The fraction of sp³-hybridized carbons (Fsp3) is 0.931. The molecule has 0 aromatic heterocycles. The summed E-state index contributed by atoms with van der Waals surface area (Å²) < 4.78 is 0. The Morgan fingerprint density at radius 2 is 1.70 bits per heavy atom. The molecule has 4 N–H and O–H groups in total. The van der Waals surface area contributed by atoms with Crippen LogP contribution in [-0.2, 0) is 0 Å². The molecule has 0 amide bonds. The van der Waals surface area contributed by atoms with Crippen molar-refractivity contribution in [1.82, 2.24) is 0 Å². The summed E-state index contributed by atoms with van der Waals surface area (Å²) in [7, 11) is 0. The van der Waals surface area contributed by atoms with Crippen LogP contribution >= 0.6 is 0 Å². The first-order valence-corrected chi connectivity index (χ1v) is 13.6. The van der Waals surface area contributed by atoms with E-state index in [1.807, 2.05) is 0 Å². The Hall–Kier alpha value is -0.420. The largest absolute Gasteiger partial charge is 0.393 e. The zero-order valence-electron chi connectivity index (χ0n) is 22.1. The van der Waals surface area contributed by atoms with Crippen LogP contribution in [-0.4, -0.2) is 44.3 Å². The van der Waals surface area contributed by atoms with Crippen molar-refractivity contribution in [2.75, 3.05) is 0 Å². The molecule has 0 bridgehead atoms. The number of fused-ring (bicyclic) bond motifs is 5. The molecule has 0 heterocycles. The number of rotatable bonds is 5. The first kappa shape index (κ1) is 25.7. The number of aliphatic hydroxyl groups is 4. The zero-order valence-corrected chi connectivity index (χ0v) is 22.1. The Balaban J connectivity index is 1.57. The minimum absolute atomic E-state index is 0.123. The van der Waals surface area contributed by atoms with Crippen LogP contribution in [0.4, 0.5) is 0 Å². The third-order valence-electron chi connectivity index (χ3n) is 11.6. The van der Waals surface area contributed by atoms with E-state index in [1.54, 1.807) is 13.8 Å². The molecule has 1 unspecified atom stereocenters. The van der Waals surface area contributed by atoms with Gasteiger partial charge < -0.3 is 20.4 Å². The number of aliphatic hydroxyl groups excluding tert-OH is 3. The standard InChI is InChI=1S/C29H50O4/c1-17(8-12-24(31)27(4,5)33)18-14-15-28(6)21(18)16-25(32)29(7)20-10-13-23(30)26(2,3)19(20)9-11-22(28)29/h9,17-18,20-25,30-33H,8,10-16H2,1-7H3/t17-,18-,20-,21?,22+,23+,24-,25-,28-,29+/m1/s1. The van der Waals surface area contributed by atoms with E-state index >= 15 is 0 Å². The molecule has 3 fully saturated rings. The average Bonchev–Trinajstić information content (AvgIpc) is 3.05. The van der Waals surface area contributed by atoms with Crippen molar-refractivity contribution in [2.45, 2.75) is 124 Å². The summed E-state index contributed by atoms with van der Waals surface area (Å²) in [6.07, 6.45) is 8.82. The molecule has 4 heteroatoms. The summed E-state index contributed by atoms with van der Waals surface area (Å²) in [5, 5.41) is 43.0. The van der Waals surface area contributed by atoms with Gasteiger partial charge in [0.05, 0.1) is 23.9 Å². The van der Waals surface area contributed by atoms with E-state index in [-0.39, 0.29) is 28.5 Å². The molecule has 0 radical (unpaired) electrons. The van der Waals surface area contributed by atoms with E-state index < -0.39 is 11.7 Å². The van der Waals surface area contributed by atoms with E-state index in [4.69, 9.17) is 0 Å². The minimum atomic E-state index is -1.06. The molecule has 0 aliphatic heterocycles. The van der Waals surface area contributed by atoms with Crippen LogP contribution in [0.1, 0.15) is 99.8 Å². The summed E-state index contributed by atoms with van der Waals surface area (Å²) in [4.78, 5) is 0. The molecule has 4 nitrogen and oxygen atoms in total. The van der Waals surface area contributed by atoms with E-state index in [0.29, 0.717) is 36.0 Å². The van der Waals surface area contributed by atoms with Gasteiger partial charge in [-0.15, -0.1) is 0 Å². The topological polar surface area (TPSA) is 80.9 Å². The van der Waals surface area contributed by atoms with E-state index in [0.717, 1.165) is 32.1 Å². The molecule has 4 aliphatic carbocycles. The Bertz CT molecular complexity index is 766. The maximum absolute atomic E-state index is 11.8. The Morgan fingerprint density at radius 3 is 2.33 bits per heavy atom. The van der Waals surface area contributed by atoms with Crippen molar-refractivity contribution in [3.8, 4) is 0 Å². The van der Waals surface area contributed by atoms with Crippen molar-refractivity contribution < 1.29 is 20.4 Å². The Morgan fingerprint density at radius 1 is 1.03 bits per heavy atom. The van der Waals surface area contributed by atoms with Crippen LogP contribution in [0.3, 0.4) is 0 Å². The van der Waals surface area contributed by atoms with Crippen LogP contribution in [0.2, 0.25) is 0 Å². The lowest BCUT2D eigenvalue weighted by Gasteiger charge is -2.64. The van der Waals surface area contributed by atoms with Gasteiger partial charge in [0.25, 0.3) is 0 Å². The summed E-state index contributed by atoms with van der Waals surface area (Å²) in [5.41, 5.74) is 0.235. The highest BCUT2D eigenvalue weighted by atomic mass is 16.3. The lowest BCUT2D eigenvalue weighted by Crippen LogP contribution is -2.61. The van der Waals surface area contributed by atoms with Gasteiger partial charge in [-0.2, -0.15) is 0 Å². The van der Waals surface area contributed by atoms with Gasteiger partial charge in [0.1, 0.15) is 0 Å². The second kappa shape index (κ2) is 8.32. The summed E-state index contributed by atoms with van der Waals surface area (Å²) in [5.74, 6) is 2.39. The van der Waals surface area contributed by atoms with Crippen molar-refractivity contribution in [3.05, 3.63) is 11.6 Å². The maximum atomic E-state index is 11.8. The molecule has 0 saturated heterocycles. The van der Waals surface area contributed by atoms with E-state index in [9.17, 15) is 20.4 Å². The quantitative estimate of drug-likeness (QED) is 0.430. The van der Waals surface area contributed by atoms with Gasteiger partial charge in [-0.3, -0.25) is 0 Å². The highest BCUT2D eigenvalue weighted by Crippen LogP contribution is 2.70. The molecule has 10 atom stereocenters. The second-order valence-corrected chi connectivity index (χ2v) is 14.0. The van der Waals surface area contributed by atoms with Gasteiger partial charge in [0, 0.05) is 10.8 Å². The third kappa shape index (κ3) is 3.86. The number of allylic oxidation sites excluding steroid dienone is 1. The third-order valence-corrected chi connectivity index (χ3v) is 11.6. The van der Waals surface area contributed by atoms with Crippen LogP contribution < -0.4 is 0 Å². The van der Waals surface area contributed by atoms with Crippen molar-refractivity contribution in [1.29, 1.82) is 0 Å². The molecular weight excluding hydrogens is 412 g/mol. The first-order chi connectivity index (χ1) is 15.1. The fourth-order valence-electron chi connectivity index (χ4n) is 9.11. The van der Waals surface area contributed by atoms with Crippen molar-refractivity contribution in [2.24, 2.45) is 45.8 Å². The Kier molecular flexibility index (Phi) is 6.47. The minimum Gasteiger partial charge on any atom is -0.393 e. The SMILES string of the molecule is C[C@H](CC[C@@H](O)C(C)(C)O)[C@H]1CC[C@]2(C)C1C[C@@H](O)[C@@]1(C)[C@@H]3CC[C@H](O)C(C)(C)C3=CC[C@H]12. The van der Waals surface area contributed by atoms with Crippen molar-refractivity contribution in [3.63, 3.8) is 0 Å². The highest BCUT2D eigenvalue weighted by Gasteiger charge is 2.65. The lowest BCUT2D eigenvalue weighted by molar-refractivity contribution is -0.171. The van der Waals surface area contributed by atoms with Gasteiger partial charge in [-0.1, -0.05) is 46.3 Å². The molecule has 3 saturated carbocycles. The first-order valence-electron chi connectivity index (χ1n) is 13.6. The molecule has 0 aromatic rings. The zero-order chi connectivity index (χ0) is 24.6. The molecule has 33 heavy (non-hydrogen) atoms. The molecule has 4 aliphatic rings. The average molecular weight is 463 g/mol. The van der Waals surface area contributed by atoms with Crippen LogP contribution in [0.5, 0.6) is 0 Å². The van der Waals surface area contributed by atoms with Gasteiger partial charge in [-0.05, 0) is 100 Å². The smallest absolute Gasteiger partial charge is 0.0849 e. The summed E-state index contributed by atoms with van der Waals surface area (Å²) in [6.45, 7) is 14.9. The molecule has 0 spiro atoms. The molecule has 0 aromatic carbocycles. The maximum Gasteiger partial charge on any atom is 0.0849 e.